The predicted molar refractivity (Wildman–Crippen MR) is 60.4 cm³/mol. The van der Waals surface area contributed by atoms with Gasteiger partial charge in [0.1, 0.15) is 0 Å². The molecule has 0 aromatic heterocycles. The third-order valence-electron chi connectivity index (χ3n) is 3.61. The molecule has 1 aliphatic heterocycles. The van der Waals surface area contributed by atoms with Crippen LogP contribution >= 0.6 is 15.9 Å². The Hall–Kier alpha value is 0.440. The second kappa shape index (κ2) is 5.35. The van der Waals surface area contributed by atoms with Crippen LogP contribution in [0.3, 0.4) is 0 Å². The monoisotopic (exact) mass is 248 g/mol. The Morgan fingerprint density at radius 1 is 1.23 bits per heavy atom. The van der Waals surface area contributed by atoms with Crippen molar-refractivity contribution < 1.29 is 4.74 Å². The van der Waals surface area contributed by atoms with Gasteiger partial charge in [-0.15, -0.1) is 0 Å². The highest BCUT2D eigenvalue weighted by Gasteiger charge is 2.37. The minimum atomic E-state index is 0.530. The van der Waals surface area contributed by atoms with Crippen LogP contribution in [0.25, 0.3) is 0 Å². The van der Waals surface area contributed by atoms with Gasteiger partial charge in [0, 0.05) is 18.5 Å². The highest BCUT2D eigenvalue weighted by Crippen LogP contribution is 2.42. The molecule has 0 amide bonds. The van der Waals surface area contributed by atoms with Gasteiger partial charge in [0.05, 0.1) is 0 Å². The minimum Gasteiger partial charge on any atom is -0.381 e. The maximum atomic E-state index is 5.44. The fourth-order valence-electron chi connectivity index (χ4n) is 2.58. The summed E-state index contributed by atoms with van der Waals surface area (Å²) in [5.41, 5.74) is 0.530. The zero-order chi connectivity index (χ0) is 9.73. The van der Waals surface area contributed by atoms with Crippen LogP contribution in [0.2, 0.25) is 0 Å². The quantitative estimate of drug-likeness (QED) is 0.691. The highest BCUT2D eigenvalue weighted by molar-refractivity contribution is 9.09. The number of hydrogen-bond acceptors (Lipinski definition) is 1. The Bertz CT molecular complexity index is 137. The van der Waals surface area contributed by atoms with Crippen molar-refractivity contribution in [1.29, 1.82) is 0 Å². The molecule has 0 bridgehead atoms. The summed E-state index contributed by atoms with van der Waals surface area (Å²) in [5.74, 6) is 0.871. The number of ether oxygens (including phenoxy) is 1. The molecule has 78 valence electrons. The lowest BCUT2D eigenvalue weighted by Gasteiger charge is -2.42. The third kappa shape index (κ3) is 2.47. The maximum Gasteiger partial charge on any atom is 0.0471 e. The first-order valence-electron chi connectivity index (χ1n) is 5.42. The van der Waals surface area contributed by atoms with E-state index in [0.29, 0.717) is 5.41 Å². The van der Waals surface area contributed by atoms with E-state index in [2.05, 4.69) is 29.8 Å². The van der Waals surface area contributed by atoms with E-state index < -0.39 is 0 Å². The maximum absolute atomic E-state index is 5.44. The Kier molecular flexibility index (Phi) is 4.74. The Morgan fingerprint density at radius 3 is 2.15 bits per heavy atom. The van der Waals surface area contributed by atoms with Gasteiger partial charge in [-0.2, -0.15) is 0 Å². The molecular weight excluding hydrogens is 228 g/mol. The lowest BCUT2D eigenvalue weighted by Crippen LogP contribution is -2.37. The molecule has 0 spiro atoms. The average molecular weight is 249 g/mol. The van der Waals surface area contributed by atoms with Crippen molar-refractivity contribution in [3.05, 3.63) is 0 Å². The topological polar surface area (TPSA) is 9.23 Å². The predicted octanol–water partition coefficient (Wildman–Crippen LogP) is 3.61. The molecule has 0 atom stereocenters. The Balaban J connectivity index is 2.64. The van der Waals surface area contributed by atoms with E-state index in [1.165, 1.54) is 25.7 Å². The summed E-state index contributed by atoms with van der Waals surface area (Å²) in [6.07, 6.45) is 5.10. The van der Waals surface area contributed by atoms with Crippen molar-refractivity contribution >= 4 is 15.9 Å². The summed E-state index contributed by atoms with van der Waals surface area (Å²) in [5, 5.41) is 1.15. The van der Waals surface area contributed by atoms with Crippen molar-refractivity contribution in [2.24, 2.45) is 11.3 Å². The minimum absolute atomic E-state index is 0.530. The summed E-state index contributed by atoms with van der Waals surface area (Å²) in [7, 11) is 0. The molecule has 0 aromatic carbocycles. The van der Waals surface area contributed by atoms with Gasteiger partial charge in [-0.3, -0.25) is 0 Å². The third-order valence-corrected chi connectivity index (χ3v) is 4.72. The van der Waals surface area contributed by atoms with Gasteiger partial charge in [0.15, 0.2) is 0 Å². The molecule has 0 unspecified atom stereocenters. The van der Waals surface area contributed by atoms with Gasteiger partial charge in [0.2, 0.25) is 0 Å². The molecule has 1 fully saturated rings. The van der Waals surface area contributed by atoms with Crippen molar-refractivity contribution in [3.8, 4) is 0 Å². The SMILES string of the molecule is CCC(CC)C1(CBr)CCOCC1. The first-order chi connectivity index (χ1) is 6.29. The second-order valence-corrected chi connectivity index (χ2v) is 4.68. The molecule has 0 saturated carbocycles. The van der Waals surface area contributed by atoms with E-state index in [4.69, 9.17) is 4.74 Å². The molecule has 1 rings (SSSR count). The number of hydrogen-bond donors (Lipinski definition) is 0. The summed E-state index contributed by atoms with van der Waals surface area (Å²) >= 11 is 3.69. The summed E-state index contributed by atoms with van der Waals surface area (Å²) in [6, 6.07) is 0. The van der Waals surface area contributed by atoms with E-state index in [1.807, 2.05) is 0 Å². The van der Waals surface area contributed by atoms with Gasteiger partial charge in [0.25, 0.3) is 0 Å². The molecule has 1 saturated heterocycles. The molecule has 2 heteroatoms. The van der Waals surface area contributed by atoms with Crippen LogP contribution in [0.15, 0.2) is 0 Å². The van der Waals surface area contributed by atoms with Crippen LogP contribution in [0.5, 0.6) is 0 Å². The number of rotatable bonds is 4. The second-order valence-electron chi connectivity index (χ2n) is 4.12. The summed E-state index contributed by atoms with van der Waals surface area (Å²) in [6.45, 7) is 6.55. The van der Waals surface area contributed by atoms with E-state index in [1.54, 1.807) is 0 Å². The molecular formula is C11H21BrO. The largest absolute Gasteiger partial charge is 0.381 e. The van der Waals surface area contributed by atoms with Crippen LogP contribution < -0.4 is 0 Å². The molecule has 1 aliphatic rings. The smallest absolute Gasteiger partial charge is 0.0471 e. The highest BCUT2D eigenvalue weighted by atomic mass is 79.9. The Labute approximate surface area is 90.4 Å². The van der Waals surface area contributed by atoms with Crippen molar-refractivity contribution in [2.45, 2.75) is 39.5 Å². The first kappa shape index (κ1) is 11.5. The van der Waals surface area contributed by atoms with E-state index >= 15 is 0 Å². The van der Waals surface area contributed by atoms with Gasteiger partial charge in [-0.1, -0.05) is 42.6 Å². The number of alkyl halides is 1. The van der Waals surface area contributed by atoms with Crippen molar-refractivity contribution in [3.63, 3.8) is 0 Å². The summed E-state index contributed by atoms with van der Waals surface area (Å²) in [4.78, 5) is 0. The van der Waals surface area contributed by atoms with Crippen LogP contribution in [0.1, 0.15) is 39.5 Å². The van der Waals surface area contributed by atoms with Crippen LogP contribution in [0.4, 0.5) is 0 Å². The van der Waals surface area contributed by atoms with Crippen molar-refractivity contribution in [2.75, 3.05) is 18.5 Å². The fraction of sp³-hybridized carbons (Fsp3) is 1.00. The van der Waals surface area contributed by atoms with Gasteiger partial charge in [-0.05, 0) is 24.2 Å². The molecule has 0 aliphatic carbocycles. The zero-order valence-corrected chi connectivity index (χ0v) is 10.4. The lowest BCUT2D eigenvalue weighted by atomic mass is 9.69. The molecule has 0 radical (unpaired) electrons. The standard InChI is InChI=1S/C11H21BrO/c1-3-10(4-2)11(9-12)5-7-13-8-6-11/h10H,3-9H2,1-2H3. The normalized spacial score (nSPS) is 22.2. The van der Waals surface area contributed by atoms with Crippen molar-refractivity contribution in [1.82, 2.24) is 0 Å². The molecule has 1 heterocycles. The van der Waals surface area contributed by atoms with E-state index in [-0.39, 0.29) is 0 Å². The van der Waals surface area contributed by atoms with Crippen LogP contribution in [-0.2, 0) is 4.74 Å². The van der Waals surface area contributed by atoms with E-state index in [9.17, 15) is 0 Å². The van der Waals surface area contributed by atoms with Gasteiger partial charge in [-0.25, -0.2) is 0 Å². The number of halogens is 1. The van der Waals surface area contributed by atoms with Crippen LogP contribution in [0, 0.1) is 11.3 Å². The van der Waals surface area contributed by atoms with E-state index in [0.717, 1.165) is 24.5 Å². The fourth-order valence-corrected chi connectivity index (χ4v) is 3.60. The lowest BCUT2D eigenvalue weighted by molar-refractivity contribution is -0.00632. The average Bonchev–Trinajstić information content (AvgIpc) is 2.21. The Morgan fingerprint density at radius 2 is 1.77 bits per heavy atom. The first-order valence-corrected chi connectivity index (χ1v) is 6.55. The molecule has 0 aromatic rings. The summed E-state index contributed by atoms with van der Waals surface area (Å²) < 4.78 is 5.44. The van der Waals surface area contributed by atoms with Gasteiger partial charge < -0.3 is 4.74 Å². The van der Waals surface area contributed by atoms with Gasteiger partial charge >= 0.3 is 0 Å². The molecule has 13 heavy (non-hydrogen) atoms. The molecule has 1 nitrogen and oxygen atoms in total. The molecule has 0 N–H and O–H groups in total. The van der Waals surface area contributed by atoms with Crippen LogP contribution in [-0.4, -0.2) is 18.5 Å². The zero-order valence-electron chi connectivity index (χ0n) is 8.81.